The molecule has 0 bridgehead atoms. The van der Waals surface area contributed by atoms with Gasteiger partial charge in [-0.3, -0.25) is 14.5 Å². The molecule has 6 nitrogen and oxygen atoms in total. The van der Waals surface area contributed by atoms with Crippen molar-refractivity contribution in [1.82, 2.24) is 10.2 Å². The van der Waals surface area contributed by atoms with E-state index in [9.17, 15) is 9.59 Å². The summed E-state index contributed by atoms with van der Waals surface area (Å²) in [6.45, 7) is 5.92. The molecule has 1 unspecified atom stereocenters. The van der Waals surface area contributed by atoms with Gasteiger partial charge >= 0.3 is 0 Å². The second kappa shape index (κ2) is 7.64. The van der Waals surface area contributed by atoms with E-state index in [0.717, 1.165) is 5.56 Å². The minimum atomic E-state index is -0.478. The zero-order chi connectivity index (χ0) is 16.0. The third-order valence-electron chi connectivity index (χ3n) is 3.15. The Bertz CT molecular complexity index is 502. The number of carbonyl (C=O) groups excluding carboxylic acids is 2. The van der Waals surface area contributed by atoms with E-state index in [1.165, 1.54) is 0 Å². The molecule has 1 rings (SSSR count). The highest BCUT2D eigenvalue weighted by atomic mass is 16.2. The molecule has 0 saturated heterocycles. The van der Waals surface area contributed by atoms with E-state index < -0.39 is 11.9 Å². The summed E-state index contributed by atoms with van der Waals surface area (Å²) in [5.74, 6) is -0.616. The first-order chi connectivity index (χ1) is 9.81. The largest absolute Gasteiger partial charge is 0.398 e. The second-order valence-corrected chi connectivity index (χ2v) is 5.41. The fourth-order valence-electron chi connectivity index (χ4n) is 2.00. The number of amides is 2. The van der Waals surface area contributed by atoms with Crippen LogP contribution < -0.4 is 16.8 Å². The van der Waals surface area contributed by atoms with Gasteiger partial charge in [0.15, 0.2) is 0 Å². The van der Waals surface area contributed by atoms with Gasteiger partial charge in [0.2, 0.25) is 11.8 Å². The van der Waals surface area contributed by atoms with Gasteiger partial charge in [-0.1, -0.05) is 18.2 Å². The molecule has 0 radical (unpaired) electrons. The fraction of sp³-hybridized carbons (Fsp3) is 0.467. The highest BCUT2D eigenvalue weighted by Crippen LogP contribution is 2.15. The number of nitrogen functional groups attached to an aromatic ring is 1. The van der Waals surface area contributed by atoms with Crippen molar-refractivity contribution in [2.45, 2.75) is 39.4 Å². The third kappa shape index (κ3) is 5.43. The predicted molar refractivity (Wildman–Crippen MR) is 83.2 cm³/mol. The summed E-state index contributed by atoms with van der Waals surface area (Å²) in [5, 5.41) is 2.83. The number of carbonyl (C=O) groups is 2. The molecular formula is C15H24N4O2. The lowest BCUT2D eigenvalue weighted by Gasteiger charge is -2.28. The zero-order valence-corrected chi connectivity index (χ0v) is 12.8. The topological polar surface area (TPSA) is 101 Å². The lowest BCUT2D eigenvalue weighted by molar-refractivity contribution is -0.128. The minimum Gasteiger partial charge on any atom is -0.398 e. The van der Waals surface area contributed by atoms with Crippen molar-refractivity contribution in [3.8, 4) is 0 Å². The highest BCUT2D eigenvalue weighted by Gasteiger charge is 2.23. The second-order valence-electron chi connectivity index (χ2n) is 5.41. The van der Waals surface area contributed by atoms with Crippen LogP contribution in [0.3, 0.4) is 0 Å². The molecule has 0 fully saturated rings. The average molecular weight is 292 g/mol. The first-order valence-electron chi connectivity index (χ1n) is 6.97. The first kappa shape index (κ1) is 17.0. The SMILES string of the molecule is CC(C)NC(=O)C(C)N(CC(N)=O)Cc1ccccc1N. The molecule has 1 aromatic rings. The van der Waals surface area contributed by atoms with Gasteiger partial charge in [-0.2, -0.15) is 0 Å². The standard InChI is InChI=1S/C15H24N4O2/c1-10(2)18-15(21)11(3)19(9-14(17)20)8-12-6-4-5-7-13(12)16/h4-7,10-11H,8-9,16H2,1-3H3,(H2,17,20)(H,18,21). The predicted octanol–water partition coefficient (Wildman–Crippen LogP) is 0.469. The Morgan fingerprint density at radius 3 is 2.38 bits per heavy atom. The number of nitrogens with one attached hydrogen (secondary N) is 1. The van der Waals surface area contributed by atoms with Crippen molar-refractivity contribution in [3.63, 3.8) is 0 Å². The van der Waals surface area contributed by atoms with Gasteiger partial charge in [-0.05, 0) is 32.4 Å². The van der Waals surface area contributed by atoms with Crippen molar-refractivity contribution in [2.24, 2.45) is 5.73 Å². The number of primary amides is 1. The molecule has 0 saturated carbocycles. The van der Waals surface area contributed by atoms with Crippen molar-refractivity contribution < 1.29 is 9.59 Å². The molecule has 2 amide bonds. The van der Waals surface area contributed by atoms with Crippen LogP contribution in [0.25, 0.3) is 0 Å². The molecular weight excluding hydrogens is 268 g/mol. The summed E-state index contributed by atoms with van der Waals surface area (Å²) in [6.07, 6.45) is 0. The highest BCUT2D eigenvalue weighted by molar-refractivity contribution is 5.83. The van der Waals surface area contributed by atoms with Crippen LogP contribution in [0.15, 0.2) is 24.3 Å². The van der Waals surface area contributed by atoms with E-state index in [0.29, 0.717) is 12.2 Å². The maximum Gasteiger partial charge on any atom is 0.237 e. The number of benzene rings is 1. The summed E-state index contributed by atoms with van der Waals surface area (Å²) in [5.41, 5.74) is 12.7. The number of hydrogen-bond donors (Lipinski definition) is 3. The maximum atomic E-state index is 12.1. The monoisotopic (exact) mass is 292 g/mol. The number of para-hydroxylation sites is 1. The van der Waals surface area contributed by atoms with Crippen LogP contribution in [0.5, 0.6) is 0 Å². The van der Waals surface area contributed by atoms with Gasteiger partial charge < -0.3 is 16.8 Å². The van der Waals surface area contributed by atoms with E-state index in [1.54, 1.807) is 17.9 Å². The Kier molecular flexibility index (Phi) is 6.17. The molecule has 116 valence electrons. The van der Waals surface area contributed by atoms with Gasteiger partial charge in [0.05, 0.1) is 12.6 Å². The van der Waals surface area contributed by atoms with Crippen molar-refractivity contribution in [3.05, 3.63) is 29.8 Å². The first-order valence-corrected chi connectivity index (χ1v) is 6.97. The third-order valence-corrected chi connectivity index (χ3v) is 3.15. The Morgan fingerprint density at radius 2 is 1.86 bits per heavy atom. The van der Waals surface area contributed by atoms with E-state index in [1.807, 2.05) is 32.0 Å². The zero-order valence-electron chi connectivity index (χ0n) is 12.8. The average Bonchev–Trinajstić information content (AvgIpc) is 2.38. The van der Waals surface area contributed by atoms with Gasteiger partial charge in [0.25, 0.3) is 0 Å². The minimum absolute atomic E-state index is 0.00101. The van der Waals surface area contributed by atoms with E-state index in [-0.39, 0.29) is 18.5 Å². The summed E-state index contributed by atoms with van der Waals surface area (Å²) in [7, 11) is 0. The molecule has 1 aromatic carbocycles. The lowest BCUT2D eigenvalue weighted by Crippen LogP contribution is -2.49. The normalized spacial score (nSPS) is 12.4. The molecule has 0 aliphatic rings. The Balaban J connectivity index is 2.87. The van der Waals surface area contributed by atoms with E-state index in [4.69, 9.17) is 11.5 Å². The van der Waals surface area contributed by atoms with Gasteiger partial charge in [0.1, 0.15) is 0 Å². The molecule has 5 N–H and O–H groups in total. The summed E-state index contributed by atoms with van der Waals surface area (Å²) < 4.78 is 0. The van der Waals surface area contributed by atoms with Crippen LogP contribution >= 0.6 is 0 Å². The maximum absolute atomic E-state index is 12.1. The Hall–Kier alpha value is -2.08. The van der Waals surface area contributed by atoms with Crippen LogP contribution in [-0.2, 0) is 16.1 Å². The van der Waals surface area contributed by atoms with Crippen LogP contribution in [-0.4, -0.2) is 35.3 Å². The van der Waals surface area contributed by atoms with Crippen molar-refractivity contribution >= 4 is 17.5 Å². The smallest absolute Gasteiger partial charge is 0.237 e. The van der Waals surface area contributed by atoms with Crippen LogP contribution in [0, 0.1) is 0 Å². The van der Waals surface area contributed by atoms with E-state index in [2.05, 4.69) is 5.32 Å². The molecule has 0 spiro atoms. The fourth-order valence-corrected chi connectivity index (χ4v) is 2.00. The number of nitrogens with two attached hydrogens (primary N) is 2. The van der Waals surface area contributed by atoms with E-state index >= 15 is 0 Å². The Morgan fingerprint density at radius 1 is 1.24 bits per heavy atom. The molecule has 6 heteroatoms. The molecule has 1 atom stereocenters. The molecule has 0 heterocycles. The van der Waals surface area contributed by atoms with Crippen molar-refractivity contribution in [2.75, 3.05) is 12.3 Å². The summed E-state index contributed by atoms with van der Waals surface area (Å²) in [4.78, 5) is 25.1. The number of rotatable bonds is 7. The molecule has 0 aliphatic carbocycles. The van der Waals surface area contributed by atoms with Crippen LogP contribution in [0.1, 0.15) is 26.3 Å². The molecule has 0 aliphatic heterocycles. The number of nitrogens with zero attached hydrogens (tertiary/aromatic N) is 1. The molecule has 21 heavy (non-hydrogen) atoms. The van der Waals surface area contributed by atoms with Crippen molar-refractivity contribution in [1.29, 1.82) is 0 Å². The summed E-state index contributed by atoms with van der Waals surface area (Å²) >= 11 is 0. The number of hydrogen-bond acceptors (Lipinski definition) is 4. The Labute approximate surface area is 125 Å². The number of anilines is 1. The quantitative estimate of drug-likeness (QED) is 0.636. The van der Waals surface area contributed by atoms with Gasteiger partial charge in [-0.25, -0.2) is 0 Å². The van der Waals surface area contributed by atoms with Gasteiger partial charge in [0, 0.05) is 18.3 Å². The van der Waals surface area contributed by atoms with Crippen LogP contribution in [0.2, 0.25) is 0 Å². The lowest BCUT2D eigenvalue weighted by atomic mass is 10.1. The summed E-state index contributed by atoms with van der Waals surface area (Å²) in [6, 6.07) is 6.93. The van der Waals surface area contributed by atoms with Crippen LogP contribution in [0.4, 0.5) is 5.69 Å². The molecule has 0 aromatic heterocycles. The van der Waals surface area contributed by atoms with Gasteiger partial charge in [-0.15, -0.1) is 0 Å².